The highest BCUT2D eigenvalue weighted by Gasteiger charge is 2.19. The number of fused-ring (bicyclic) bond motifs is 1. The van der Waals surface area contributed by atoms with Gasteiger partial charge in [-0.15, -0.1) is 0 Å². The number of aromatic nitrogens is 2. The summed E-state index contributed by atoms with van der Waals surface area (Å²) >= 11 is 0. The predicted molar refractivity (Wildman–Crippen MR) is 96.3 cm³/mol. The Balaban J connectivity index is 1.79. The van der Waals surface area contributed by atoms with Gasteiger partial charge in [0.15, 0.2) is 0 Å². The van der Waals surface area contributed by atoms with Gasteiger partial charge in [0.05, 0.1) is 5.69 Å². The zero-order valence-corrected chi connectivity index (χ0v) is 14.8. The molecule has 2 aromatic rings. The summed E-state index contributed by atoms with van der Waals surface area (Å²) in [4.78, 5) is 32.7. The average molecular weight is 340 g/mol. The second-order valence-corrected chi connectivity index (χ2v) is 6.62. The van der Waals surface area contributed by atoms with Crippen molar-refractivity contribution in [3.05, 3.63) is 63.8 Å². The summed E-state index contributed by atoms with van der Waals surface area (Å²) in [6, 6.07) is 9.44. The number of carbonyl (C=O) groups is 1. The minimum absolute atomic E-state index is 0.0647. The zero-order valence-electron chi connectivity index (χ0n) is 14.8. The molecule has 0 aliphatic carbocycles. The smallest absolute Gasteiger partial charge is 0.251 e. The molecule has 1 aliphatic rings. The highest BCUT2D eigenvalue weighted by atomic mass is 16.2. The molecule has 0 atom stereocenters. The van der Waals surface area contributed by atoms with Crippen molar-refractivity contribution in [1.29, 1.82) is 0 Å². The third kappa shape index (κ3) is 4.14. The summed E-state index contributed by atoms with van der Waals surface area (Å²) in [6.45, 7) is 2.68. The molecule has 3 rings (SSSR count). The van der Waals surface area contributed by atoms with Gasteiger partial charge >= 0.3 is 0 Å². The highest BCUT2D eigenvalue weighted by molar-refractivity contribution is 5.75. The first-order valence-electron chi connectivity index (χ1n) is 8.58. The second kappa shape index (κ2) is 7.61. The van der Waals surface area contributed by atoms with E-state index in [4.69, 9.17) is 0 Å². The fraction of sp³-hybridized carbons (Fsp3) is 0.421. The lowest BCUT2D eigenvalue weighted by atomic mass is 10.1. The summed E-state index contributed by atoms with van der Waals surface area (Å²) in [6.07, 6.45) is 3.45. The number of rotatable bonds is 4. The van der Waals surface area contributed by atoms with Crippen LogP contribution in [0, 0.1) is 0 Å². The van der Waals surface area contributed by atoms with Crippen molar-refractivity contribution >= 4 is 5.91 Å². The number of amides is 1. The minimum atomic E-state index is -0.105. The molecular formula is C19H24N4O2. The van der Waals surface area contributed by atoms with Crippen molar-refractivity contribution in [2.24, 2.45) is 0 Å². The molecule has 1 aliphatic heterocycles. The van der Waals surface area contributed by atoms with Gasteiger partial charge in [-0.2, -0.15) is 0 Å². The largest absolute Gasteiger partial charge is 0.347 e. The number of hydrogen-bond donors (Lipinski definition) is 0. The summed E-state index contributed by atoms with van der Waals surface area (Å²) in [5.41, 5.74) is 3.10. The minimum Gasteiger partial charge on any atom is -0.347 e. The molecule has 0 N–H and O–H groups in total. The maximum Gasteiger partial charge on any atom is 0.251 e. The van der Waals surface area contributed by atoms with Gasteiger partial charge in [-0.05, 0) is 24.1 Å². The van der Waals surface area contributed by atoms with Gasteiger partial charge in [-0.3, -0.25) is 19.5 Å². The third-order valence-electron chi connectivity index (χ3n) is 4.66. The van der Waals surface area contributed by atoms with Gasteiger partial charge in [0.1, 0.15) is 6.54 Å². The quantitative estimate of drug-likeness (QED) is 0.831. The Hall–Kier alpha value is -2.47. The van der Waals surface area contributed by atoms with Crippen molar-refractivity contribution < 1.29 is 4.79 Å². The van der Waals surface area contributed by atoms with E-state index in [0.29, 0.717) is 0 Å². The van der Waals surface area contributed by atoms with Crippen LogP contribution in [0.5, 0.6) is 0 Å². The van der Waals surface area contributed by atoms with Gasteiger partial charge in [0.25, 0.3) is 5.56 Å². The van der Waals surface area contributed by atoms with E-state index in [9.17, 15) is 9.59 Å². The predicted octanol–water partition coefficient (Wildman–Crippen LogP) is 0.932. The molecule has 132 valence electrons. The van der Waals surface area contributed by atoms with Gasteiger partial charge in [0.2, 0.25) is 5.91 Å². The molecular weight excluding hydrogens is 316 g/mol. The molecule has 2 aromatic heterocycles. The maximum absolute atomic E-state index is 12.3. The Labute approximate surface area is 147 Å². The maximum atomic E-state index is 12.3. The molecule has 1 amide bonds. The number of hydrogen-bond acceptors (Lipinski definition) is 4. The van der Waals surface area contributed by atoms with Crippen LogP contribution in [-0.4, -0.2) is 52.4 Å². The summed E-state index contributed by atoms with van der Waals surface area (Å²) in [5.74, 6) is -0.0647. The van der Waals surface area contributed by atoms with E-state index in [1.807, 2.05) is 30.5 Å². The van der Waals surface area contributed by atoms with E-state index in [1.54, 1.807) is 24.7 Å². The Morgan fingerprint density at radius 2 is 1.96 bits per heavy atom. The summed E-state index contributed by atoms with van der Waals surface area (Å²) in [7, 11) is 3.42. The molecule has 0 fully saturated rings. The normalized spacial score (nSPS) is 14.6. The lowest BCUT2D eigenvalue weighted by Crippen LogP contribution is -2.33. The van der Waals surface area contributed by atoms with Crippen LogP contribution in [0.2, 0.25) is 0 Å². The fourth-order valence-electron chi connectivity index (χ4n) is 3.17. The Morgan fingerprint density at radius 3 is 2.68 bits per heavy atom. The summed E-state index contributed by atoms with van der Waals surface area (Å²) in [5, 5.41) is 0. The molecule has 0 saturated heterocycles. The number of carbonyl (C=O) groups excluding carboxylic acids is 1. The molecule has 0 saturated carbocycles. The lowest BCUT2D eigenvalue weighted by molar-refractivity contribution is -0.129. The fourth-order valence-corrected chi connectivity index (χ4v) is 3.17. The molecule has 0 unspecified atom stereocenters. The van der Waals surface area contributed by atoms with E-state index in [2.05, 4.69) is 9.88 Å². The Kier molecular flexibility index (Phi) is 5.28. The van der Waals surface area contributed by atoms with E-state index >= 15 is 0 Å². The first-order valence-corrected chi connectivity index (χ1v) is 8.58. The van der Waals surface area contributed by atoms with Crippen LogP contribution in [0.25, 0.3) is 0 Å². The standard InChI is InChI=1S/C19H24N4O2/c1-21(2)19(25)14-23-17-9-12-22(13-16-5-3-4-10-20-16)11-8-15(17)6-7-18(23)24/h3-7,10H,8-9,11-14H2,1-2H3. The van der Waals surface area contributed by atoms with Gasteiger partial charge in [-0.1, -0.05) is 12.1 Å². The first kappa shape index (κ1) is 17.4. The number of nitrogens with zero attached hydrogens (tertiary/aromatic N) is 4. The molecule has 3 heterocycles. The van der Waals surface area contributed by atoms with Crippen LogP contribution in [0.4, 0.5) is 0 Å². The number of likely N-dealkylation sites (N-methyl/N-ethyl adjacent to an activating group) is 1. The van der Waals surface area contributed by atoms with E-state index in [1.165, 1.54) is 4.90 Å². The van der Waals surface area contributed by atoms with Crippen molar-refractivity contribution in [3.63, 3.8) is 0 Å². The highest BCUT2D eigenvalue weighted by Crippen LogP contribution is 2.16. The van der Waals surface area contributed by atoms with Crippen LogP contribution in [0.3, 0.4) is 0 Å². The Bertz CT molecular complexity index is 799. The van der Waals surface area contributed by atoms with Crippen molar-refractivity contribution in [3.8, 4) is 0 Å². The average Bonchev–Trinajstić information content (AvgIpc) is 2.81. The van der Waals surface area contributed by atoms with Crippen molar-refractivity contribution in [2.75, 3.05) is 27.2 Å². The monoisotopic (exact) mass is 340 g/mol. The van der Waals surface area contributed by atoms with Crippen LogP contribution in [0.15, 0.2) is 41.3 Å². The van der Waals surface area contributed by atoms with Crippen molar-refractivity contribution in [1.82, 2.24) is 19.4 Å². The third-order valence-corrected chi connectivity index (χ3v) is 4.66. The molecule has 0 bridgehead atoms. The van der Waals surface area contributed by atoms with Gasteiger partial charge in [-0.25, -0.2) is 0 Å². The van der Waals surface area contributed by atoms with E-state index < -0.39 is 0 Å². The van der Waals surface area contributed by atoms with Gasteiger partial charge in [0, 0.05) is 58.1 Å². The van der Waals surface area contributed by atoms with E-state index in [-0.39, 0.29) is 18.0 Å². The van der Waals surface area contributed by atoms with Crippen molar-refractivity contribution in [2.45, 2.75) is 25.9 Å². The molecule has 25 heavy (non-hydrogen) atoms. The molecule has 6 heteroatoms. The Morgan fingerprint density at radius 1 is 1.16 bits per heavy atom. The zero-order chi connectivity index (χ0) is 17.8. The van der Waals surface area contributed by atoms with Crippen LogP contribution in [-0.2, 0) is 30.7 Å². The molecule has 0 spiro atoms. The second-order valence-electron chi connectivity index (χ2n) is 6.62. The lowest BCUT2D eigenvalue weighted by Gasteiger charge is -2.19. The molecule has 0 aromatic carbocycles. The van der Waals surface area contributed by atoms with Crippen LogP contribution < -0.4 is 5.56 Å². The van der Waals surface area contributed by atoms with E-state index in [0.717, 1.165) is 49.4 Å². The molecule has 0 radical (unpaired) electrons. The van der Waals surface area contributed by atoms with Gasteiger partial charge < -0.3 is 9.47 Å². The van der Waals surface area contributed by atoms with Crippen LogP contribution >= 0.6 is 0 Å². The SMILES string of the molecule is CN(C)C(=O)Cn1c2c(ccc1=O)CCN(Cc1ccccn1)CC2. The first-order chi connectivity index (χ1) is 12.0. The number of pyridine rings is 2. The summed E-state index contributed by atoms with van der Waals surface area (Å²) < 4.78 is 1.64. The molecule has 6 nitrogen and oxygen atoms in total. The topological polar surface area (TPSA) is 58.4 Å². The van der Waals surface area contributed by atoms with Crippen LogP contribution in [0.1, 0.15) is 17.0 Å².